The van der Waals surface area contributed by atoms with Crippen molar-refractivity contribution in [2.24, 2.45) is 0 Å². The van der Waals surface area contributed by atoms with Crippen molar-refractivity contribution in [1.82, 2.24) is 30.1 Å². The molecule has 384 valence electrons. The molecule has 2 bridgehead atoms. The first-order valence-electron chi connectivity index (χ1n) is 25.1. The van der Waals surface area contributed by atoms with Crippen molar-refractivity contribution < 1.29 is 46.4 Å². The Kier molecular flexibility index (Phi) is 15.2. The van der Waals surface area contributed by atoms with Gasteiger partial charge in [-0.15, -0.1) is 5.54 Å². The van der Waals surface area contributed by atoms with Crippen LogP contribution in [0.15, 0.2) is 24.3 Å². The highest BCUT2D eigenvalue weighted by Gasteiger charge is 2.50. The minimum absolute atomic E-state index is 0.0212. The van der Waals surface area contributed by atoms with E-state index in [-0.39, 0.29) is 131 Å². The van der Waals surface area contributed by atoms with Crippen molar-refractivity contribution in [3.63, 3.8) is 0 Å². The number of hydrogen-bond acceptors (Lipinski definition) is 12. The lowest BCUT2D eigenvalue weighted by atomic mass is 9.95. The number of methoxy groups -OCH3 is 2. The summed E-state index contributed by atoms with van der Waals surface area (Å²) in [5.74, 6) is 1.59. The Balaban J connectivity index is 1.38. The van der Waals surface area contributed by atoms with Crippen LogP contribution in [0.4, 0.5) is 23.8 Å². The zero-order valence-electron chi connectivity index (χ0n) is 43.1. The number of aromatic nitrogens is 3. The van der Waals surface area contributed by atoms with Crippen LogP contribution in [0, 0.1) is 23.1 Å². The van der Waals surface area contributed by atoms with Crippen LogP contribution in [-0.4, -0.2) is 141 Å². The molecular weight excluding hydrogens is 932 g/mol. The number of rotatable bonds is 15. The van der Waals surface area contributed by atoms with E-state index in [1.54, 1.807) is 23.1 Å². The number of piperazine rings is 1. The number of fused-ring (bicyclic) bond motifs is 5. The molecule has 18 heteroatoms. The van der Waals surface area contributed by atoms with Gasteiger partial charge in [-0.05, 0) is 93.2 Å². The largest absolute Gasteiger partial charge is 0.468 e. The number of pyridine rings is 1. The third kappa shape index (κ3) is 10.1. The Morgan fingerprint density at radius 1 is 0.930 bits per heavy atom. The van der Waals surface area contributed by atoms with Crippen LogP contribution in [0.25, 0.3) is 32.9 Å². The van der Waals surface area contributed by atoms with Crippen LogP contribution in [0.1, 0.15) is 110 Å². The van der Waals surface area contributed by atoms with Gasteiger partial charge in [-0.25, -0.2) is 22.9 Å². The van der Waals surface area contributed by atoms with E-state index in [2.05, 4.69) is 63.2 Å². The summed E-state index contributed by atoms with van der Waals surface area (Å²) in [6.45, 7) is 20.3. The molecule has 6 heterocycles. The lowest BCUT2D eigenvalue weighted by Crippen LogP contribution is -2.57. The molecule has 14 nitrogen and oxygen atoms in total. The number of nitrogens with one attached hydrogen (secondary N) is 1. The van der Waals surface area contributed by atoms with E-state index in [9.17, 15) is 9.59 Å². The minimum atomic E-state index is -2.43. The van der Waals surface area contributed by atoms with Crippen LogP contribution in [0.5, 0.6) is 11.8 Å². The molecule has 4 saturated heterocycles. The molecule has 4 aromatic rings. The maximum atomic E-state index is 18.5. The summed E-state index contributed by atoms with van der Waals surface area (Å²) in [7, 11) is 0.559. The molecule has 71 heavy (non-hydrogen) atoms. The Morgan fingerprint density at radius 2 is 1.63 bits per heavy atom. The molecular formula is C53H70F3N7O7Si. The molecule has 0 spiro atoms. The van der Waals surface area contributed by atoms with Crippen molar-refractivity contribution in [2.75, 3.05) is 71.8 Å². The van der Waals surface area contributed by atoms with Crippen molar-refractivity contribution in [2.45, 2.75) is 140 Å². The summed E-state index contributed by atoms with van der Waals surface area (Å²) in [5, 5.41) is 3.67. The average molecular weight is 1000 g/mol. The quantitative estimate of drug-likeness (QED) is 0.0525. The molecule has 2 aromatic carbocycles. The number of nitrogens with zero attached hydrogens (tertiary/aromatic N) is 6. The zero-order chi connectivity index (χ0) is 51.2. The van der Waals surface area contributed by atoms with Crippen LogP contribution in [0.3, 0.4) is 0 Å². The topological polar surface area (TPSA) is 141 Å². The summed E-state index contributed by atoms with van der Waals surface area (Å²) >= 11 is 0. The highest BCUT2D eigenvalue weighted by atomic mass is 28.3. The standard InChI is InChI=1S/C53H70F3N7O7Si/c1-31(2)71(32(3)4,33(5)6)22-17-39-41(55)16-13-34-23-38(69-30-67-11)24-40(42(34)39)45-44(56)46-43(47(58-45)49(64)57-19-21-66-10)48(60-50(59-46)68-29-53-18-12-20-62(53)26-35(54)25-53)61-27-36-14-15-37(28-61)63(36)51(65)70-52(7,8)9/h13,16,23-24,31-33,35-37H,12,14-15,18-21,25-30H2,1-11H3,(H,57,64)/t35-,36?,37?,53+/m1/s1. The van der Waals surface area contributed by atoms with Gasteiger partial charge in [0.15, 0.2) is 12.6 Å². The average Bonchev–Trinajstić information content (AvgIpc) is 3.93. The predicted octanol–water partition coefficient (Wildman–Crippen LogP) is 9.59. The first kappa shape index (κ1) is 52.1. The highest BCUT2D eigenvalue weighted by Crippen LogP contribution is 2.45. The van der Waals surface area contributed by atoms with E-state index in [0.29, 0.717) is 31.2 Å². The Morgan fingerprint density at radius 3 is 2.28 bits per heavy atom. The number of hydrogen-bond donors (Lipinski definition) is 1. The van der Waals surface area contributed by atoms with E-state index < -0.39 is 49.0 Å². The Labute approximate surface area is 416 Å². The normalized spacial score (nSPS) is 21.4. The second-order valence-electron chi connectivity index (χ2n) is 21.7. The molecule has 1 N–H and O–H groups in total. The maximum Gasteiger partial charge on any atom is 0.410 e. The van der Waals surface area contributed by atoms with Crippen molar-refractivity contribution in [1.29, 1.82) is 0 Å². The molecule has 8 rings (SSSR count). The van der Waals surface area contributed by atoms with Gasteiger partial charge in [-0.1, -0.05) is 53.5 Å². The Hall–Kier alpha value is -5.22. The summed E-state index contributed by atoms with van der Waals surface area (Å²) < 4.78 is 79.0. The molecule has 2 unspecified atom stereocenters. The van der Waals surface area contributed by atoms with Gasteiger partial charge < -0.3 is 33.9 Å². The smallest absolute Gasteiger partial charge is 0.410 e. The summed E-state index contributed by atoms with van der Waals surface area (Å²) in [6, 6.07) is 5.45. The van der Waals surface area contributed by atoms with E-state index >= 15 is 13.2 Å². The fourth-order valence-corrected chi connectivity index (χ4v) is 17.2. The SMILES string of the molecule is COCCNC(=O)c1nc(-c2cc(OCOC)cc3ccc(F)c(C#C[Si](C(C)C)(C(C)C)C(C)C)c23)c(F)c2nc(OC[C@@]34CCCN3C[C@H](F)C4)nc(N3CC4CCC(C3)N4C(=O)OC(C)(C)C)c12. The van der Waals surface area contributed by atoms with Crippen molar-refractivity contribution >= 4 is 47.6 Å². The minimum Gasteiger partial charge on any atom is -0.468 e. The molecule has 4 aliphatic heterocycles. The van der Waals surface area contributed by atoms with Crippen molar-refractivity contribution in [3.05, 3.63) is 47.2 Å². The van der Waals surface area contributed by atoms with Gasteiger partial charge >= 0.3 is 12.1 Å². The number of benzene rings is 2. The maximum absolute atomic E-state index is 18.5. The summed E-state index contributed by atoms with van der Waals surface area (Å²) in [5.41, 5.74) is 2.48. The van der Waals surface area contributed by atoms with Gasteiger partial charge in [0.25, 0.3) is 5.91 Å². The van der Waals surface area contributed by atoms with Gasteiger partial charge in [0, 0.05) is 57.8 Å². The monoisotopic (exact) mass is 1000 g/mol. The summed E-state index contributed by atoms with van der Waals surface area (Å²) in [4.78, 5) is 48.8. The van der Waals surface area contributed by atoms with Crippen LogP contribution in [0.2, 0.25) is 16.6 Å². The van der Waals surface area contributed by atoms with Gasteiger partial charge in [-0.3, -0.25) is 14.6 Å². The summed E-state index contributed by atoms with van der Waals surface area (Å²) in [6.07, 6.45) is 1.79. The second-order valence-corrected chi connectivity index (χ2v) is 27.2. The first-order chi connectivity index (χ1) is 33.7. The van der Waals surface area contributed by atoms with Crippen molar-refractivity contribution in [3.8, 4) is 34.5 Å². The van der Waals surface area contributed by atoms with Crippen LogP contribution < -0.4 is 19.7 Å². The molecule has 4 fully saturated rings. The third-order valence-corrected chi connectivity index (χ3v) is 21.4. The van der Waals surface area contributed by atoms with Gasteiger partial charge in [-0.2, -0.15) is 9.97 Å². The molecule has 0 saturated carbocycles. The Bertz CT molecular complexity index is 2690. The highest BCUT2D eigenvalue weighted by molar-refractivity contribution is 6.90. The molecule has 0 radical (unpaired) electrons. The lowest BCUT2D eigenvalue weighted by Gasteiger charge is -2.42. The lowest BCUT2D eigenvalue weighted by molar-refractivity contribution is 0.0122. The van der Waals surface area contributed by atoms with Gasteiger partial charge in [0.05, 0.1) is 35.2 Å². The molecule has 2 amide bonds. The molecule has 4 aliphatic rings. The van der Waals surface area contributed by atoms with E-state index in [1.807, 2.05) is 25.7 Å². The number of carbonyl (C=O) groups is 2. The van der Waals surface area contributed by atoms with E-state index in [0.717, 1.165) is 13.0 Å². The first-order valence-corrected chi connectivity index (χ1v) is 27.3. The molecule has 2 aromatic heterocycles. The van der Waals surface area contributed by atoms with Gasteiger partial charge in [0.2, 0.25) is 0 Å². The number of alkyl halides is 1. The third-order valence-electron chi connectivity index (χ3n) is 15.1. The molecule has 0 aliphatic carbocycles. The number of amides is 2. The number of carbonyl (C=O) groups excluding carboxylic acids is 2. The molecule has 4 atom stereocenters. The second kappa shape index (κ2) is 20.7. The number of ether oxygens (including phenoxy) is 5. The van der Waals surface area contributed by atoms with E-state index in [4.69, 9.17) is 38.6 Å². The predicted molar refractivity (Wildman–Crippen MR) is 270 cm³/mol. The zero-order valence-corrected chi connectivity index (χ0v) is 44.1. The van der Waals surface area contributed by atoms with Gasteiger partial charge in [0.1, 0.15) is 60.7 Å². The number of halogens is 3. The number of anilines is 1. The fraction of sp³-hybridized carbons (Fsp3) is 0.604. The van der Waals surface area contributed by atoms with Crippen LogP contribution in [-0.2, 0) is 14.2 Å². The van der Waals surface area contributed by atoms with Crippen LogP contribution >= 0.6 is 0 Å². The van der Waals surface area contributed by atoms with E-state index in [1.165, 1.54) is 20.3 Å². The fourth-order valence-electron chi connectivity index (χ4n) is 12.0.